The number of fused-ring (bicyclic) bond motifs is 1. The second-order valence-corrected chi connectivity index (χ2v) is 17.4. The first-order chi connectivity index (χ1) is 16.2. The number of methoxy groups -OCH3 is 1. The summed E-state index contributed by atoms with van der Waals surface area (Å²) in [6, 6.07) is 3.39. The van der Waals surface area contributed by atoms with Crippen LogP contribution in [0, 0.1) is 0 Å². The Balaban J connectivity index is 1.85. The lowest BCUT2D eigenvalue weighted by Crippen LogP contribution is -2.44. The summed E-state index contributed by atoms with van der Waals surface area (Å²) >= 11 is 6.14. The Morgan fingerprint density at radius 3 is 2.54 bits per heavy atom. The van der Waals surface area contributed by atoms with Crippen LogP contribution in [0.2, 0.25) is 24.9 Å². The zero-order valence-corrected chi connectivity index (χ0v) is 22.5. The lowest BCUT2D eigenvalue weighted by molar-refractivity contribution is -0.119. The standard InChI is InChI=1S/C19H32ClN4O9PSi/c1-31-9-19(8-25,34(28,29)30)32-7-13-14(26)15(27)16(33-13)11-5-6-12-17(21-10-35(2,3)4)22-18(20)23-24(11)12/h5-6,13-16,25-27H,7-10H2,1-4H3,(H,21,22,23)(H2,28,29,30)/t13-,14-,15-,16+,19?/m1/s1. The first-order valence-electron chi connectivity index (χ1n) is 10.8. The number of aliphatic hydroxyl groups is 3. The van der Waals surface area contributed by atoms with Gasteiger partial charge in [-0.3, -0.25) is 4.57 Å². The number of hydrogen-bond donors (Lipinski definition) is 6. The molecule has 6 N–H and O–H groups in total. The number of ether oxygens (including phenoxy) is 3. The van der Waals surface area contributed by atoms with E-state index in [0.29, 0.717) is 17.0 Å². The second kappa shape index (κ2) is 10.7. The molecule has 2 aromatic rings. The third-order valence-corrected chi connectivity index (χ3v) is 8.48. The first-order valence-corrected chi connectivity index (χ1v) is 16.5. The molecule has 3 heterocycles. The highest BCUT2D eigenvalue weighted by Gasteiger charge is 2.51. The van der Waals surface area contributed by atoms with Crippen LogP contribution in [-0.4, -0.2) is 105 Å². The van der Waals surface area contributed by atoms with Gasteiger partial charge in [-0.2, -0.15) is 4.98 Å². The number of halogens is 1. The van der Waals surface area contributed by atoms with E-state index >= 15 is 0 Å². The maximum Gasteiger partial charge on any atom is 0.361 e. The van der Waals surface area contributed by atoms with Crippen molar-refractivity contribution in [2.24, 2.45) is 0 Å². The molecule has 0 amide bonds. The Kier molecular flexibility index (Phi) is 8.66. The maximum absolute atomic E-state index is 11.9. The Morgan fingerprint density at radius 1 is 1.29 bits per heavy atom. The predicted octanol–water partition coefficient (Wildman–Crippen LogP) is 0.363. The minimum absolute atomic E-state index is 0.0325. The SMILES string of the molecule is COCC(CO)(OC[C@H]1O[C@@H](c2ccc3c(NC[Si](C)(C)C)nc(Cl)nn23)[C@H](O)[C@@H]1O)P(=O)(O)O. The average molecular weight is 555 g/mol. The van der Waals surface area contributed by atoms with Gasteiger partial charge in [-0.25, -0.2) is 4.52 Å². The lowest BCUT2D eigenvalue weighted by atomic mass is 10.1. The zero-order chi connectivity index (χ0) is 26.2. The highest BCUT2D eigenvalue weighted by molar-refractivity contribution is 7.53. The summed E-state index contributed by atoms with van der Waals surface area (Å²) < 4.78 is 29.4. The Hall–Kier alpha value is -1.16. The third-order valence-electron chi connectivity index (χ3n) is 5.62. The Bertz CT molecular complexity index is 1080. The van der Waals surface area contributed by atoms with E-state index in [-0.39, 0.29) is 5.28 Å². The van der Waals surface area contributed by atoms with Gasteiger partial charge in [0.2, 0.25) is 10.6 Å². The number of nitrogens with zero attached hydrogens (tertiary/aromatic N) is 3. The van der Waals surface area contributed by atoms with Gasteiger partial charge < -0.3 is 44.6 Å². The molecule has 1 saturated heterocycles. The summed E-state index contributed by atoms with van der Waals surface area (Å²) in [5, 5.41) is 36.0. The van der Waals surface area contributed by atoms with Crippen LogP contribution in [0.4, 0.5) is 5.82 Å². The molecule has 13 nitrogen and oxygen atoms in total. The van der Waals surface area contributed by atoms with Crippen LogP contribution in [0.3, 0.4) is 0 Å². The van der Waals surface area contributed by atoms with E-state index in [1.54, 1.807) is 12.1 Å². The number of nitrogens with one attached hydrogen (secondary N) is 1. The maximum atomic E-state index is 11.9. The average Bonchev–Trinajstić information content (AvgIpc) is 3.29. The zero-order valence-electron chi connectivity index (χ0n) is 19.8. The van der Waals surface area contributed by atoms with Crippen molar-refractivity contribution in [1.82, 2.24) is 14.6 Å². The van der Waals surface area contributed by atoms with Crippen molar-refractivity contribution in [3.63, 3.8) is 0 Å². The van der Waals surface area contributed by atoms with Crippen LogP contribution in [-0.2, 0) is 18.8 Å². The Labute approximate surface area is 208 Å². The van der Waals surface area contributed by atoms with Crippen molar-refractivity contribution in [2.45, 2.75) is 49.4 Å². The van der Waals surface area contributed by atoms with Crippen molar-refractivity contribution in [3.05, 3.63) is 23.1 Å². The van der Waals surface area contributed by atoms with Gasteiger partial charge in [0.1, 0.15) is 29.9 Å². The molecular formula is C19H32ClN4O9PSi. The van der Waals surface area contributed by atoms with E-state index in [2.05, 4.69) is 35.0 Å². The van der Waals surface area contributed by atoms with Crippen LogP contribution in [0.25, 0.3) is 5.52 Å². The molecule has 0 bridgehead atoms. The molecule has 1 aliphatic rings. The molecule has 1 fully saturated rings. The van der Waals surface area contributed by atoms with Gasteiger partial charge in [-0.05, 0) is 23.7 Å². The van der Waals surface area contributed by atoms with Gasteiger partial charge in [-0.15, -0.1) is 5.10 Å². The monoisotopic (exact) mass is 554 g/mol. The van der Waals surface area contributed by atoms with Gasteiger partial charge in [0, 0.05) is 13.3 Å². The van der Waals surface area contributed by atoms with Crippen LogP contribution in [0.15, 0.2) is 12.1 Å². The normalized spacial score (nSPS) is 25.2. The molecular weight excluding hydrogens is 523 g/mol. The lowest BCUT2D eigenvalue weighted by Gasteiger charge is -2.32. The summed E-state index contributed by atoms with van der Waals surface area (Å²) in [7, 11) is -5.24. The first kappa shape index (κ1) is 28.4. The van der Waals surface area contributed by atoms with Crippen LogP contribution in [0.5, 0.6) is 0 Å². The molecule has 0 spiro atoms. The fraction of sp³-hybridized carbons (Fsp3) is 0.684. The second-order valence-electron chi connectivity index (χ2n) is 9.67. The van der Waals surface area contributed by atoms with E-state index < -0.39 is 65.2 Å². The van der Waals surface area contributed by atoms with E-state index in [9.17, 15) is 29.7 Å². The fourth-order valence-corrected chi connectivity index (χ4v) is 5.25. The van der Waals surface area contributed by atoms with Gasteiger partial charge in [0.25, 0.3) is 0 Å². The molecule has 0 aliphatic carbocycles. The number of aliphatic hydroxyl groups excluding tert-OH is 3. The summed E-state index contributed by atoms with van der Waals surface area (Å²) in [4.78, 5) is 23.6. The van der Waals surface area contributed by atoms with Crippen molar-refractivity contribution < 1.29 is 43.9 Å². The highest BCUT2D eigenvalue weighted by atomic mass is 35.5. The predicted molar refractivity (Wildman–Crippen MR) is 129 cm³/mol. The highest BCUT2D eigenvalue weighted by Crippen LogP contribution is 2.51. The summed E-state index contributed by atoms with van der Waals surface area (Å²) in [6.45, 7) is 4.41. The molecule has 2 aromatic heterocycles. The minimum atomic E-state index is -4.98. The molecule has 35 heavy (non-hydrogen) atoms. The number of rotatable bonds is 11. The number of aromatic nitrogens is 3. The number of anilines is 1. The van der Waals surface area contributed by atoms with E-state index in [1.807, 2.05) is 0 Å². The van der Waals surface area contributed by atoms with Crippen LogP contribution < -0.4 is 5.32 Å². The topological polar surface area (TPSA) is 188 Å². The molecule has 3 rings (SSSR count). The Morgan fingerprint density at radius 2 is 1.97 bits per heavy atom. The van der Waals surface area contributed by atoms with Crippen molar-refractivity contribution >= 4 is 38.6 Å². The molecule has 198 valence electrons. The molecule has 1 unspecified atom stereocenters. The largest absolute Gasteiger partial charge is 0.393 e. The van der Waals surface area contributed by atoms with Crippen LogP contribution >= 0.6 is 19.2 Å². The van der Waals surface area contributed by atoms with Gasteiger partial charge >= 0.3 is 7.60 Å². The van der Waals surface area contributed by atoms with Crippen molar-refractivity contribution in [3.8, 4) is 0 Å². The van der Waals surface area contributed by atoms with Crippen molar-refractivity contribution in [1.29, 1.82) is 0 Å². The summed E-state index contributed by atoms with van der Waals surface area (Å²) in [6.07, 6.45) is -4.35. The van der Waals surface area contributed by atoms with E-state index in [1.165, 1.54) is 11.6 Å². The van der Waals surface area contributed by atoms with E-state index in [0.717, 1.165) is 6.17 Å². The minimum Gasteiger partial charge on any atom is -0.393 e. The molecule has 5 atom stereocenters. The summed E-state index contributed by atoms with van der Waals surface area (Å²) in [5.41, 5.74) is 0.975. The molecule has 0 aromatic carbocycles. The van der Waals surface area contributed by atoms with Crippen LogP contribution in [0.1, 0.15) is 11.8 Å². The van der Waals surface area contributed by atoms with E-state index in [4.69, 9.17) is 25.8 Å². The smallest absolute Gasteiger partial charge is 0.361 e. The van der Waals surface area contributed by atoms with Crippen molar-refractivity contribution in [2.75, 3.05) is 38.4 Å². The molecule has 1 aliphatic heterocycles. The van der Waals surface area contributed by atoms with Gasteiger partial charge in [0.15, 0.2) is 5.82 Å². The molecule has 0 saturated carbocycles. The molecule has 0 radical (unpaired) electrons. The molecule has 16 heteroatoms. The fourth-order valence-electron chi connectivity index (χ4n) is 3.67. The number of hydrogen-bond acceptors (Lipinski definition) is 10. The quantitative estimate of drug-likeness (QED) is 0.165. The van der Waals surface area contributed by atoms with Gasteiger partial charge in [-0.1, -0.05) is 19.6 Å². The van der Waals surface area contributed by atoms with Gasteiger partial charge in [0.05, 0.1) is 33.6 Å². The summed E-state index contributed by atoms with van der Waals surface area (Å²) in [5.74, 6) is 0.514. The third kappa shape index (κ3) is 6.05.